The van der Waals surface area contributed by atoms with Gasteiger partial charge in [0.2, 0.25) is 5.91 Å². The van der Waals surface area contributed by atoms with Gasteiger partial charge in [-0.25, -0.2) is 0 Å². The maximum absolute atomic E-state index is 11.8. The molecule has 1 amide bonds. The molecule has 0 fully saturated rings. The normalized spacial score (nSPS) is 11.4. The topological polar surface area (TPSA) is 73.6 Å². The van der Waals surface area contributed by atoms with Crippen molar-refractivity contribution in [1.82, 2.24) is 0 Å². The number of methoxy groups -OCH3 is 1. The van der Waals surface area contributed by atoms with E-state index in [0.717, 1.165) is 17.0 Å². The van der Waals surface area contributed by atoms with Crippen molar-refractivity contribution in [3.8, 4) is 5.75 Å². The van der Waals surface area contributed by atoms with Crippen molar-refractivity contribution in [3.63, 3.8) is 0 Å². The van der Waals surface area contributed by atoms with E-state index in [2.05, 4.69) is 5.32 Å². The molecular formula is C15H25ClN2O3. The molecule has 1 rings (SSSR count). The monoisotopic (exact) mass is 316 g/mol. The summed E-state index contributed by atoms with van der Waals surface area (Å²) in [4.78, 5) is 11.8. The molecule has 1 atom stereocenters. The largest absolute Gasteiger partial charge is 0.491 e. The number of hydrogen-bond donors (Lipinski definition) is 2. The van der Waals surface area contributed by atoms with Crippen molar-refractivity contribution < 1.29 is 14.3 Å². The van der Waals surface area contributed by atoms with Crippen molar-refractivity contribution in [1.29, 1.82) is 0 Å². The minimum absolute atomic E-state index is 0. The van der Waals surface area contributed by atoms with Gasteiger partial charge < -0.3 is 20.5 Å². The summed E-state index contributed by atoms with van der Waals surface area (Å²) >= 11 is 0. The van der Waals surface area contributed by atoms with Gasteiger partial charge in [0.1, 0.15) is 12.4 Å². The molecule has 0 saturated heterocycles. The molecule has 0 spiro atoms. The lowest BCUT2D eigenvalue weighted by molar-refractivity contribution is -0.116. The first kappa shape index (κ1) is 19.7. The molecule has 0 aliphatic carbocycles. The van der Waals surface area contributed by atoms with Crippen LogP contribution in [0.5, 0.6) is 5.75 Å². The molecule has 120 valence electrons. The lowest BCUT2D eigenvalue weighted by Gasteiger charge is -2.11. The van der Waals surface area contributed by atoms with Gasteiger partial charge >= 0.3 is 0 Å². The summed E-state index contributed by atoms with van der Waals surface area (Å²) in [6, 6.07) is 5.63. The van der Waals surface area contributed by atoms with E-state index < -0.39 is 0 Å². The molecule has 0 saturated carbocycles. The highest BCUT2D eigenvalue weighted by atomic mass is 35.5. The second-order valence-electron chi connectivity index (χ2n) is 4.88. The molecule has 1 unspecified atom stereocenters. The number of nitrogens with one attached hydrogen (secondary N) is 1. The van der Waals surface area contributed by atoms with Crippen LogP contribution in [0.25, 0.3) is 0 Å². The molecule has 21 heavy (non-hydrogen) atoms. The third kappa shape index (κ3) is 7.90. The van der Waals surface area contributed by atoms with E-state index in [4.69, 9.17) is 15.2 Å². The highest BCUT2D eigenvalue weighted by Crippen LogP contribution is 2.21. The molecule has 1 aromatic rings. The van der Waals surface area contributed by atoms with Crippen LogP contribution in [0.15, 0.2) is 18.2 Å². The maximum Gasteiger partial charge on any atom is 0.224 e. The number of benzene rings is 1. The Kier molecular flexibility index (Phi) is 9.78. The highest BCUT2D eigenvalue weighted by molar-refractivity contribution is 5.91. The maximum atomic E-state index is 11.8. The van der Waals surface area contributed by atoms with Gasteiger partial charge in [-0.15, -0.1) is 12.4 Å². The fourth-order valence-corrected chi connectivity index (χ4v) is 1.68. The van der Waals surface area contributed by atoms with Crippen LogP contribution in [0.2, 0.25) is 0 Å². The van der Waals surface area contributed by atoms with E-state index in [9.17, 15) is 4.79 Å². The third-order valence-electron chi connectivity index (χ3n) is 2.85. The molecule has 0 aromatic heterocycles. The van der Waals surface area contributed by atoms with Crippen LogP contribution >= 0.6 is 12.4 Å². The minimum atomic E-state index is -0.0153. The first-order valence-electron chi connectivity index (χ1n) is 6.80. The number of hydrogen-bond acceptors (Lipinski definition) is 4. The van der Waals surface area contributed by atoms with Gasteiger partial charge in [0, 0.05) is 25.3 Å². The lowest BCUT2D eigenvalue weighted by Crippen LogP contribution is -2.19. The van der Waals surface area contributed by atoms with Gasteiger partial charge in [-0.2, -0.15) is 0 Å². The van der Waals surface area contributed by atoms with Crippen LogP contribution in [0, 0.1) is 6.92 Å². The number of aryl methyl sites for hydroxylation is 1. The summed E-state index contributed by atoms with van der Waals surface area (Å²) in [5, 5.41) is 2.89. The Balaban J connectivity index is 0.00000400. The summed E-state index contributed by atoms with van der Waals surface area (Å²) in [5.41, 5.74) is 7.41. The van der Waals surface area contributed by atoms with Gasteiger partial charge in [0.15, 0.2) is 0 Å². The van der Waals surface area contributed by atoms with Gasteiger partial charge in [0.25, 0.3) is 0 Å². The Labute approximate surface area is 132 Å². The summed E-state index contributed by atoms with van der Waals surface area (Å²) in [6.07, 6.45) is 1.12. The predicted octanol–water partition coefficient (Wildman–Crippen LogP) is 2.51. The van der Waals surface area contributed by atoms with Crippen molar-refractivity contribution in [3.05, 3.63) is 23.8 Å². The number of carbonyl (C=O) groups is 1. The number of carbonyl (C=O) groups excluding carboxylic acids is 1. The van der Waals surface area contributed by atoms with E-state index in [1.54, 1.807) is 7.11 Å². The van der Waals surface area contributed by atoms with Gasteiger partial charge in [0.05, 0.1) is 6.61 Å². The molecule has 0 aliphatic heterocycles. The van der Waals surface area contributed by atoms with Crippen LogP contribution in [0.3, 0.4) is 0 Å². The molecule has 5 nitrogen and oxygen atoms in total. The molecule has 0 aliphatic rings. The van der Waals surface area contributed by atoms with E-state index in [1.165, 1.54) is 0 Å². The number of ether oxygens (including phenoxy) is 2. The first-order chi connectivity index (χ1) is 9.52. The van der Waals surface area contributed by atoms with Crippen molar-refractivity contribution in [2.75, 3.05) is 25.6 Å². The van der Waals surface area contributed by atoms with Crippen LogP contribution in [-0.2, 0) is 9.53 Å². The number of rotatable bonds is 8. The fraction of sp³-hybridized carbons (Fsp3) is 0.533. The Morgan fingerprint density at radius 3 is 2.67 bits per heavy atom. The molecule has 0 bridgehead atoms. The predicted molar refractivity (Wildman–Crippen MR) is 87.3 cm³/mol. The van der Waals surface area contributed by atoms with Crippen LogP contribution in [0.1, 0.15) is 25.3 Å². The SMILES string of the molecule is COCCOc1ccc(NC(=O)CCC(C)N)c(C)c1.Cl. The van der Waals surface area contributed by atoms with E-state index >= 15 is 0 Å². The van der Waals surface area contributed by atoms with E-state index in [0.29, 0.717) is 26.1 Å². The number of halogens is 1. The molecule has 0 radical (unpaired) electrons. The third-order valence-corrected chi connectivity index (χ3v) is 2.85. The molecule has 3 N–H and O–H groups in total. The van der Waals surface area contributed by atoms with Crippen molar-refractivity contribution in [2.45, 2.75) is 32.7 Å². The summed E-state index contributed by atoms with van der Waals surface area (Å²) < 4.78 is 10.4. The Bertz CT molecular complexity index is 439. The summed E-state index contributed by atoms with van der Waals surface area (Å²) in [5.74, 6) is 0.756. The minimum Gasteiger partial charge on any atom is -0.491 e. The number of anilines is 1. The smallest absolute Gasteiger partial charge is 0.224 e. The molecular weight excluding hydrogens is 292 g/mol. The Morgan fingerprint density at radius 1 is 1.38 bits per heavy atom. The highest BCUT2D eigenvalue weighted by Gasteiger charge is 2.07. The lowest BCUT2D eigenvalue weighted by atomic mass is 10.1. The van der Waals surface area contributed by atoms with Gasteiger partial charge in [-0.3, -0.25) is 4.79 Å². The van der Waals surface area contributed by atoms with Crippen LogP contribution in [-0.4, -0.2) is 32.3 Å². The second kappa shape index (κ2) is 10.4. The molecule has 1 aromatic carbocycles. The second-order valence-corrected chi connectivity index (χ2v) is 4.88. The first-order valence-corrected chi connectivity index (χ1v) is 6.80. The van der Waals surface area contributed by atoms with E-state index in [-0.39, 0.29) is 24.4 Å². The average Bonchev–Trinajstić information content (AvgIpc) is 2.40. The zero-order valence-electron chi connectivity index (χ0n) is 12.8. The Morgan fingerprint density at radius 2 is 2.10 bits per heavy atom. The number of amides is 1. The summed E-state index contributed by atoms with van der Waals surface area (Å²) in [6.45, 7) is 4.89. The molecule has 6 heteroatoms. The fourth-order valence-electron chi connectivity index (χ4n) is 1.68. The zero-order chi connectivity index (χ0) is 15.0. The van der Waals surface area contributed by atoms with Crippen LogP contribution in [0.4, 0.5) is 5.69 Å². The number of nitrogens with two attached hydrogens (primary N) is 1. The van der Waals surface area contributed by atoms with Crippen molar-refractivity contribution in [2.24, 2.45) is 5.73 Å². The van der Waals surface area contributed by atoms with E-state index in [1.807, 2.05) is 32.0 Å². The molecule has 0 heterocycles. The van der Waals surface area contributed by atoms with Crippen molar-refractivity contribution >= 4 is 24.0 Å². The van der Waals surface area contributed by atoms with Gasteiger partial charge in [-0.1, -0.05) is 0 Å². The standard InChI is InChI=1S/C15H24N2O3.ClH/c1-11-10-13(20-9-8-19-3)5-6-14(11)17-15(18)7-4-12(2)16;/h5-6,10,12H,4,7-9,16H2,1-3H3,(H,17,18);1H. The zero-order valence-corrected chi connectivity index (χ0v) is 13.7. The van der Waals surface area contributed by atoms with Gasteiger partial charge in [-0.05, 0) is 44.0 Å². The summed E-state index contributed by atoms with van der Waals surface area (Å²) in [7, 11) is 1.63. The average molecular weight is 317 g/mol. The van der Waals surface area contributed by atoms with Crippen LogP contribution < -0.4 is 15.8 Å². The Hall–Kier alpha value is -1.30. The quantitative estimate of drug-likeness (QED) is 0.723.